The average Bonchev–Trinajstić information content (AvgIpc) is 3.41. The first-order valence-electron chi connectivity index (χ1n) is 12.4. The number of aromatic nitrogens is 2. The van der Waals surface area contributed by atoms with Crippen LogP contribution in [-0.4, -0.2) is 28.8 Å². The number of allylic oxidation sites excluding steroid dienone is 1. The summed E-state index contributed by atoms with van der Waals surface area (Å²) < 4.78 is 15.9. The van der Waals surface area contributed by atoms with Crippen LogP contribution in [0.2, 0.25) is 0 Å². The highest BCUT2D eigenvalue weighted by atomic mass is 79.9. The van der Waals surface area contributed by atoms with E-state index in [9.17, 15) is 9.59 Å². The van der Waals surface area contributed by atoms with Crippen molar-refractivity contribution in [3.8, 4) is 5.75 Å². The molecular formula is C29H28BrN3O4S. The number of esters is 1. The van der Waals surface area contributed by atoms with Crippen molar-refractivity contribution in [3.63, 3.8) is 0 Å². The number of nitrogens with zero attached hydrogens (tertiary/aromatic N) is 3. The molecule has 2 aromatic heterocycles. The van der Waals surface area contributed by atoms with Gasteiger partial charge in [-0.05, 0) is 73.5 Å². The quantitative estimate of drug-likeness (QED) is 0.291. The Morgan fingerprint density at radius 1 is 1.24 bits per heavy atom. The molecule has 0 amide bonds. The zero-order valence-corrected chi connectivity index (χ0v) is 24.2. The predicted molar refractivity (Wildman–Crippen MR) is 153 cm³/mol. The smallest absolute Gasteiger partial charge is 0.338 e. The summed E-state index contributed by atoms with van der Waals surface area (Å²) in [7, 11) is 1.59. The number of carbonyl (C=O) groups is 1. The van der Waals surface area contributed by atoms with Crippen molar-refractivity contribution in [1.29, 1.82) is 0 Å². The Balaban J connectivity index is 1.75. The SMILES string of the molecule is CCOC(=O)C1=C(C)N=c2s/c(=C\c3cn(C(C)C)c4ccccc34)c(=O)n2[C@H]1c1ccc(OC)c(Br)c1. The van der Waals surface area contributed by atoms with Gasteiger partial charge in [-0.1, -0.05) is 35.6 Å². The fraction of sp³-hybridized carbons (Fsp3) is 0.276. The van der Waals surface area contributed by atoms with Gasteiger partial charge in [0.15, 0.2) is 4.80 Å². The van der Waals surface area contributed by atoms with Gasteiger partial charge < -0.3 is 14.0 Å². The second-order valence-electron chi connectivity index (χ2n) is 9.30. The Bertz CT molecular complexity index is 1780. The molecule has 0 fully saturated rings. The minimum atomic E-state index is -0.688. The fourth-order valence-corrected chi connectivity index (χ4v) is 6.47. The van der Waals surface area contributed by atoms with Crippen molar-refractivity contribution in [2.24, 2.45) is 4.99 Å². The van der Waals surface area contributed by atoms with Crippen LogP contribution in [0, 0.1) is 0 Å². The summed E-state index contributed by atoms with van der Waals surface area (Å²) in [5.74, 6) is 0.168. The predicted octanol–water partition coefficient (Wildman–Crippen LogP) is 5.11. The van der Waals surface area contributed by atoms with Gasteiger partial charge in [-0.25, -0.2) is 9.79 Å². The molecule has 2 aromatic carbocycles. The molecule has 0 N–H and O–H groups in total. The number of benzene rings is 2. The van der Waals surface area contributed by atoms with Gasteiger partial charge in [-0.15, -0.1) is 0 Å². The lowest BCUT2D eigenvalue weighted by Crippen LogP contribution is -2.39. The summed E-state index contributed by atoms with van der Waals surface area (Å²) in [5.41, 5.74) is 3.50. The summed E-state index contributed by atoms with van der Waals surface area (Å²) in [6, 6.07) is 13.3. The van der Waals surface area contributed by atoms with E-state index in [1.807, 2.05) is 36.4 Å². The van der Waals surface area contributed by atoms with E-state index >= 15 is 0 Å². The van der Waals surface area contributed by atoms with Crippen LogP contribution in [0.3, 0.4) is 0 Å². The summed E-state index contributed by atoms with van der Waals surface area (Å²) in [5, 5.41) is 1.08. The van der Waals surface area contributed by atoms with Gasteiger partial charge >= 0.3 is 5.97 Å². The van der Waals surface area contributed by atoms with E-state index < -0.39 is 12.0 Å². The molecule has 1 aliphatic rings. The zero-order valence-electron chi connectivity index (χ0n) is 21.8. The monoisotopic (exact) mass is 593 g/mol. The third-order valence-electron chi connectivity index (χ3n) is 6.62. The molecule has 0 aliphatic carbocycles. The molecule has 38 heavy (non-hydrogen) atoms. The Morgan fingerprint density at radius 3 is 2.68 bits per heavy atom. The molecule has 5 rings (SSSR count). The Kier molecular flexibility index (Phi) is 7.15. The van der Waals surface area contributed by atoms with Gasteiger partial charge in [0.25, 0.3) is 5.56 Å². The van der Waals surface area contributed by atoms with Crippen molar-refractivity contribution in [3.05, 3.63) is 95.2 Å². The maximum atomic E-state index is 14.0. The number of hydrogen-bond acceptors (Lipinski definition) is 6. The number of thiazole rings is 1. The Labute approximate surface area is 232 Å². The largest absolute Gasteiger partial charge is 0.496 e. The highest BCUT2D eigenvalue weighted by Crippen LogP contribution is 2.35. The molecule has 196 valence electrons. The van der Waals surface area contributed by atoms with Crippen LogP contribution in [0.15, 0.2) is 74.2 Å². The molecule has 3 heterocycles. The maximum Gasteiger partial charge on any atom is 0.338 e. The molecule has 0 spiro atoms. The van der Waals surface area contributed by atoms with Crippen LogP contribution >= 0.6 is 27.3 Å². The highest BCUT2D eigenvalue weighted by Gasteiger charge is 2.33. The number of carbonyl (C=O) groups excluding carboxylic acids is 1. The standard InChI is InChI=1S/C29H28BrN3O4S/c1-6-37-28(35)25-17(4)31-29-33(26(25)18-11-12-23(36-5)21(30)13-18)27(34)24(38-29)14-19-15-32(16(2)3)22-10-8-7-9-20(19)22/h7-16,26H,6H2,1-5H3/b24-14-/t26-/m0/s1. The molecule has 7 nitrogen and oxygen atoms in total. The first-order chi connectivity index (χ1) is 18.2. The van der Waals surface area contributed by atoms with Crippen LogP contribution in [0.1, 0.15) is 50.9 Å². The van der Waals surface area contributed by atoms with Crippen LogP contribution in [0.25, 0.3) is 17.0 Å². The lowest BCUT2D eigenvalue weighted by atomic mass is 9.96. The van der Waals surface area contributed by atoms with Gasteiger partial charge in [0.05, 0.1) is 40.0 Å². The molecule has 0 radical (unpaired) electrons. The van der Waals surface area contributed by atoms with Gasteiger partial charge in [-0.3, -0.25) is 9.36 Å². The summed E-state index contributed by atoms with van der Waals surface area (Å²) >= 11 is 4.87. The molecule has 9 heteroatoms. The van der Waals surface area contributed by atoms with E-state index in [1.54, 1.807) is 25.5 Å². The lowest BCUT2D eigenvalue weighted by molar-refractivity contribution is -0.139. The molecule has 1 atom stereocenters. The zero-order chi connectivity index (χ0) is 27.1. The Morgan fingerprint density at radius 2 is 2.00 bits per heavy atom. The summed E-state index contributed by atoms with van der Waals surface area (Å²) in [6.07, 6.45) is 4.01. The van der Waals surface area contributed by atoms with Crippen molar-refractivity contribution in [2.75, 3.05) is 13.7 Å². The van der Waals surface area contributed by atoms with E-state index in [2.05, 4.69) is 57.7 Å². The van der Waals surface area contributed by atoms with E-state index in [4.69, 9.17) is 9.47 Å². The van der Waals surface area contributed by atoms with Crippen molar-refractivity contribution in [1.82, 2.24) is 9.13 Å². The van der Waals surface area contributed by atoms with E-state index in [1.165, 1.54) is 11.3 Å². The normalized spacial score (nSPS) is 15.7. The molecule has 0 unspecified atom stereocenters. The van der Waals surface area contributed by atoms with E-state index in [0.717, 1.165) is 26.5 Å². The van der Waals surface area contributed by atoms with Crippen LogP contribution in [0.5, 0.6) is 5.75 Å². The second-order valence-corrected chi connectivity index (χ2v) is 11.2. The number of rotatable bonds is 6. The fourth-order valence-electron chi connectivity index (χ4n) is 4.87. The topological polar surface area (TPSA) is 74.8 Å². The third-order valence-corrected chi connectivity index (χ3v) is 8.23. The van der Waals surface area contributed by atoms with Gasteiger partial charge in [0, 0.05) is 28.7 Å². The van der Waals surface area contributed by atoms with Crippen LogP contribution in [-0.2, 0) is 9.53 Å². The molecule has 0 bridgehead atoms. The van der Waals surface area contributed by atoms with Gasteiger partial charge in [-0.2, -0.15) is 0 Å². The highest BCUT2D eigenvalue weighted by molar-refractivity contribution is 9.10. The van der Waals surface area contributed by atoms with E-state index in [-0.39, 0.29) is 18.2 Å². The minimum absolute atomic E-state index is 0.207. The second kappa shape index (κ2) is 10.4. The van der Waals surface area contributed by atoms with Crippen molar-refractivity contribution in [2.45, 2.75) is 39.8 Å². The summed E-state index contributed by atoms with van der Waals surface area (Å²) in [4.78, 5) is 32.3. The lowest BCUT2D eigenvalue weighted by Gasteiger charge is -2.25. The minimum Gasteiger partial charge on any atom is -0.496 e. The number of hydrogen-bond donors (Lipinski definition) is 0. The Hall–Kier alpha value is -3.43. The van der Waals surface area contributed by atoms with Crippen LogP contribution < -0.4 is 19.6 Å². The third kappa shape index (κ3) is 4.43. The number of para-hydroxylation sites is 1. The summed E-state index contributed by atoms with van der Waals surface area (Å²) in [6.45, 7) is 8.04. The van der Waals surface area contributed by atoms with Gasteiger partial charge in [0.2, 0.25) is 0 Å². The first-order valence-corrected chi connectivity index (χ1v) is 14.0. The van der Waals surface area contributed by atoms with Crippen LogP contribution in [0.4, 0.5) is 0 Å². The number of methoxy groups -OCH3 is 1. The number of halogens is 1. The molecule has 0 saturated carbocycles. The average molecular weight is 595 g/mol. The first kappa shape index (κ1) is 26.2. The molecule has 1 aliphatic heterocycles. The molecule has 0 saturated heterocycles. The number of ether oxygens (including phenoxy) is 2. The van der Waals surface area contributed by atoms with E-state index in [0.29, 0.717) is 26.4 Å². The molecule has 4 aromatic rings. The van der Waals surface area contributed by atoms with Crippen molar-refractivity contribution < 1.29 is 14.3 Å². The number of fused-ring (bicyclic) bond motifs is 2. The molecular weight excluding hydrogens is 566 g/mol. The van der Waals surface area contributed by atoms with Crippen molar-refractivity contribution >= 4 is 50.2 Å². The maximum absolute atomic E-state index is 14.0. The van der Waals surface area contributed by atoms with Gasteiger partial charge in [0.1, 0.15) is 5.75 Å².